The number of ether oxygens (including phenoxy) is 2. The maximum Gasteiger partial charge on any atom is 0.416 e. The molecule has 1 N–H and O–H groups in total. The zero-order valence-electron chi connectivity index (χ0n) is 16.0. The number of alkyl halides is 3. The van der Waals surface area contributed by atoms with Crippen molar-refractivity contribution in [1.82, 2.24) is 4.90 Å². The lowest BCUT2D eigenvalue weighted by molar-refractivity contribution is -0.384. The second-order valence-corrected chi connectivity index (χ2v) is 5.78. The van der Waals surface area contributed by atoms with Crippen LogP contribution in [0, 0.1) is 10.1 Å². The number of hydrogen-bond donors (Lipinski definition) is 1. The molecule has 0 radical (unpaired) electrons. The van der Waals surface area contributed by atoms with E-state index in [9.17, 15) is 32.9 Å². The summed E-state index contributed by atoms with van der Waals surface area (Å²) in [5.74, 6) is -1.04. The number of nitrogens with one attached hydrogen (secondary N) is 1. The second kappa shape index (κ2) is 11.2. The fourth-order valence-corrected chi connectivity index (χ4v) is 2.33. The van der Waals surface area contributed by atoms with Crippen molar-refractivity contribution < 1.29 is 37.2 Å². The van der Waals surface area contributed by atoms with Crippen LogP contribution >= 0.6 is 0 Å². The first kappa shape index (κ1) is 24.1. The molecular formula is C17H22F3N3O6. The Morgan fingerprint density at radius 2 is 2.00 bits per heavy atom. The number of nitrogens with zero attached hydrogens (tertiary/aromatic N) is 2. The Balaban J connectivity index is 2.77. The Labute approximate surface area is 164 Å². The van der Waals surface area contributed by atoms with Crippen LogP contribution in [-0.4, -0.2) is 61.7 Å². The molecule has 29 heavy (non-hydrogen) atoms. The lowest BCUT2D eigenvalue weighted by atomic mass is 10.1. The first-order valence-electron chi connectivity index (χ1n) is 8.62. The topological polar surface area (TPSA) is 111 Å². The van der Waals surface area contributed by atoms with Crippen LogP contribution in [0.5, 0.6) is 0 Å². The molecule has 9 nitrogen and oxygen atoms in total. The third-order valence-electron chi connectivity index (χ3n) is 3.72. The molecule has 1 amide bonds. The van der Waals surface area contributed by atoms with Crippen LogP contribution in [0.4, 0.5) is 24.5 Å². The minimum atomic E-state index is -4.71. The van der Waals surface area contributed by atoms with Gasteiger partial charge in [0.2, 0.25) is 5.91 Å². The van der Waals surface area contributed by atoms with Gasteiger partial charge < -0.3 is 19.7 Å². The minimum Gasteiger partial charge on any atom is -0.465 e. The van der Waals surface area contributed by atoms with Crippen LogP contribution in [0.15, 0.2) is 18.2 Å². The molecule has 0 aromatic heterocycles. The maximum absolute atomic E-state index is 12.7. The van der Waals surface area contributed by atoms with Crippen molar-refractivity contribution in [2.24, 2.45) is 0 Å². The molecule has 1 rings (SSSR count). The highest BCUT2D eigenvalue weighted by Crippen LogP contribution is 2.34. The summed E-state index contributed by atoms with van der Waals surface area (Å²) in [7, 11) is 1.43. The molecule has 0 aliphatic rings. The zero-order valence-corrected chi connectivity index (χ0v) is 16.0. The van der Waals surface area contributed by atoms with Crippen LogP contribution in [0.2, 0.25) is 0 Å². The van der Waals surface area contributed by atoms with Crippen LogP contribution in [-0.2, 0) is 25.2 Å². The fourth-order valence-electron chi connectivity index (χ4n) is 2.33. The number of amides is 1. The van der Waals surface area contributed by atoms with Crippen molar-refractivity contribution in [2.45, 2.75) is 19.5 Å². The van der Waals surface area contributed by atoms with E-state index in [4.69, 9.17) is 9.47 Å². The van der Waals surface area contributed by atoms with Gasteiger partial charge in [0.25, 0.3) is 5.69 Å². The van der Waals surface area contributed by atoms with Crippen molar-refractivity contribution in [2.75, 3.05) is 45.3 Å². The zero-order chi connectivity index (χ0) is 22.0. The van der Waals surface area contributed by atoms with Gasteiger partial charge in [0.15, 0.2) is 0 Å². The van der Waals surface area contributed by atoms with E-state index in [0.29, 0.717) is 12.1 Å². The molecule has 0 aliphatic heterocycles. The number of carbonyl (C=O) groups is 2. The van der Waals surface area contributed by atoms with Crippen LogP contribution in [0.25, 0.3) is 0 Å². The Morgan fingerprint density at radius 1 is 1.31 bits per heavy atom. The van der Waals surface area contributed by atoms with Crippen molar-refractivity contribution in [1.29, 1.82) is 0 Å². The average Bonchev–Trinajstić information content (AvgIpc) is 2.64. The predicted octanol–water partition coefficient (Wildman–Crippen LogP) is 2.45. The molecule has 0 heterocycles. The van der Waals surface area contributed by atoms with Crippen LogP contribution in [0.1, 0.15) is 18.9 Å². The highest BCUT2D eigenvalue weighted by atomic mass is 19.4. The first-order chi connectivity index (χ1) is 13.6. The number of methoxy groups -OCH3 is 1. The monoisotopic (exact) mass is 421 g/mol. The summed E-state index contributed by atoms with van der Waals surface area (Å²) < 4.78 is 47.9. The van der Waals surface area contributed by atoms with Gasteiger partial charge in [-0.05, 0) is 19.1 Å². The highest BCUT2D eigenvalue weighted by Gasteiger charge is 2.33. The first-order valence-corrected chi connectivity index (χ1v) is 8.62. The quantitative estimate of drug-likeness (QED) is 0.332. The van der Waals surface area contributed by atoms with E-state index in [1.165, 1.54) is 12.0 Å². The average molecular weight is 421 g/mol. The maximum atomic E-state index is 12.7. The lowest BCUT2D eigenvalue weighted by Crippen LogP contribution is -2.39. The molecule has 0 bridgehead atoms. The number of nitro groups is 1. The van der Waals surface area contributed by atoms with E-state index in [-0.39, 0.29) is 45.0 Å². The summed E-state index contributed by atoms with van der Waals surface area (Å²) in [5.41, 5.74) is -2.05. The van der Waals surface area contributed by atoms with Gasteiger partial charge in [0, 0.05) is 32.7 Å². The Morgan fingerprint density at radius 3 is 2.55 bits per heavy atom. The summed E-state index contributed by atoms with van der Waals surface area (Å²) in [6, 6.07) is 2.07. The van der Waals surface area contributed by atoms with E-state index in [2.05, 4.69) is 5.32 Å². The Kier molecular flexibility index (Phi) is 9.32. The standard InChI is InChI=1S/C17H22F3N3O6/c1-3-29-16(25)11-22(8-9-28-2)15(24)6-7-21-13-5-4-12(17(18,19)20)10-14(13)23(26)27/h4-5,10,21H,3,6-9,11H2,1-2H3. The number of anilines is 1. The van der Waals surface area contributed by atoms with E-state index in [0.717, 1.165) is 6.07 Å². The molecular weight excluding hydrogens is 399 g/mol. The van der Waals surface area contributed by atoms with Crippen LogP contribution in [0.3, 0.4) is 0 Å². The van der Waals surface area contributed by atoms with Gasteiger partial charge in [-0.1, -0.05) is 0 Å². The SMILES string of the molecule is CCOC(=O)CN(CCOC)C(=O)CCNc1ccc(C(F)(F)F)cc1[N+](=O)[O-]. The molecule has 1 aromatic rings. The van der Waals surface area contributed by atoms with Gasteiger partial charge in [-0.15, -0.1) is 0 Å². The smallest absolute Gasteiger partial charge is 0.416 e. The molecule has 162 valence electrons. The van der Waals surface area contributed by atoms with E-state index >= 15 is 0 Å². The molecule has 1 aromatic carbocycles. The summed E-state index contributed by atoms with van der Waals surface area (Å²) in [4.78, 5) is 35.3. The van der Waals surface area contributed by atoms with Gasteiger partial charge >= 0.3 is 12.1 Å². The van der Waals surface area contributed by atoms with Crippen molar-refractivity contribution in [3.05, 3.63) is 33.9 Å². The number of nitro benzene ring substituents is 1. The Bertz CT molecular complexity index is 727. The summed E-state index contributed by atoms with van der Waals surface area (Å²) >= 11 is 0. The molecule has 0 unspecified atom stereocenters. The largest absolute Gasteiger partial charge is 0.465 e. The normalized spacial score (nSPS) is 11.1. The molecule has 0 fully saturated rings. The molecule has 12 heteroatoms. The molecule has 0 saturated heterocycles. The second-order valence-electron chi connectivity index (χ2n) is 5.78. The summed E-state index contributed by atoms with van der Waals surface area (Å²) in [6.07, 6.45) is -4.87. The van der Waals surface area contributed by atoms with Crippen molar-refractivity contribution in [3.63, 3.8) is 0 Å². The van der Waals surface area contributed by atoms with Crippen molar-refractivity contribution >= 4 is 23.3 Å². The minimum absolute atomic E-state index is 0.0860. The van der Waals surface area contributed by atoms with Gasteiger partial charge in [0.1, 0.15) is 12.2 Å². The van der Waals surface area contributed by atoms with Crippen molar-refractivity contribution in [3.8, 4) is 0 Å². The van der Waals surface area contributed by atoms with Gasteiger partial charge in [-0.25, -0.2) is 0 Å². The van der Waals surface area contributed by atoms with E-state index < -0.39 is 34.2 Å². The number of halogens is 3. The third-order valence-corrected chi connectivity index (χ3v) is 3.72. The summed E-state index contributed by atoms with van der Waals surface area (Å²) in [5, 5.41) is 13.7. The van der Waals surface area contributed by atoms with E-state index in [1.807, 2.05) is 0 Å². The lowest BCUT2D eigenvalue weighted by Gasteiger charge is -2.21. The fraction of sp³-hybridized carbons (Fsp3) is 0.529. The summed E-state index contributed by atoms with van der Waals surface area (Å²) in [6.45, 7) is 1.73. The van der Waals surface area contributed by atoms with E-state index in [1.54, 1.807) is 6.92 Å². The number of benzene rings is 1. The van der Waals surface area contributed by atoms with Gasteiger partial charge in [0.05, 0.1) is 23.7 Å². The Hall–Kier alpha value is -2.89. The molecule has 0 saturated carbocycles. The predicted molar refractivity (Wildman–Crippen MR) is 96.3 cm³/mol. The third kappa shape index (κ3) is 7.94. The highest BCUT2D eigenvalue weighted by molar-refractivity contribution is 5.82. The van der Waals surface area contributed by atoms with Gasteiger partial charge in [-0.2, -0.15) is 13.2 Å². The molecule has 0 spiro atoms. The molecule has 0 aliphatic carbocycles. The number of rotatable bonds is 11. The van der Waals surface area contributed by atoms with Crippen LogP contribution < -0.4 is 5.32 Å². The van der Waals surface area contributed by atoms with Gasteiger partial charge in [-0.3, -0.25) is 19.7 Å². The number of esters is 1. The molecule has 0 atom stereocenters. The number of carbonyl (C=O) groups excluding carboxylic acids is 2. The number of hydrogen-bond acceptors (Lipinski definition) is 7.